The molecule has 0 spiro atoms. The van der Waals surface area contributed by atoms with Crippen LogP contribution in [0.25, 0.3) is 0 Å². The maximum absolute atomic E-state index is 11.8. The molecule has 0 aliphatic heterocycles. The second-order valence-corrected chi connectivity index (χ2v) is 6.29. The van der Waals surface area contributed by atoms with E-state index in [1.807, 2.05) is 39.1 Å². The van der Waals surface area contributed by atoms with Crippen molar-refractivity contribution in [1.29, 1.82) is 0 Å². The lowest BCUT2D eigenvalue weighted by molar-refractivity contribution is 0.0138. The molecule has 0 radical (unpaired) electrons. The number of aliphatic hydroxyl groups is 1. The average Bonchev–Trinajstić information content (AvgIpc) is 2.78. The smallest absolute Gasteiger partial charge is 0.261 e. The van der Waals surface area contributed by atoms with Crippen molar-refractivity contribution in [2.75, 3.05) is 6.54 Å². The first-order chi connectivity index (χ1) is 7.84. The molecule has 1 rings (SSSR count). The molecule has 0 saturated carbocycles. The van der Waals surface area contributed by atoms with Crippen LogP contribution in [0.15, 0.2) is 17.5 Å². The number of nitrogens with one attached hydrogen (secondary N) is 1. The summed E-state index contributed by atoms with van der Waals surface area (Å²) in [6.07, 6.45) is -0.425. The average molecular weight is 255 g/mol. The molecule has 2 N–H and O–H groups in total. The Labute approximate surface area is 107 Å². The third-order valence-electron chi connectivity index (χ3n) is 2.88. The Kier molecular flexibility index (Phi) is 4.71. The van der Waals surface area contributed by atoms with Crippen LogP contribution in [0, 0.1) is 11.3 Å². The van der Waals surface area contributed by atoms with Crippen molar-refractivity contribution in [1.82, 2.24) is 5.32 Å². The quantitative estimate of drug-likeness (QED) is 0.849. The van der Waals surface area contributed by atoms with Gasteiger partial charge in [-0.15, -0.1) is 11.3 Å². The monoisotopic (exact) mass is 255 g/mol. The SMILES string of the molecule is CC(C)C(O)C(C)(C)CNC(=O)c1cccs1. The predicted octanol–water partition coefficient (Wildman–Crippen LogP) is 2.52. The lowest BCUT2D eigenvalue weighted by Crippen LogP contribution is -2.43. The fourth-order valence-electron chi connectivity index (χ4n) is 1.81. The van der Waals surface area contributed by atoms with Crippen LogP contribution in [0.5, 0.6) is 0 Å². The number of amides is 1. The van der Waals surface area contributed by atoms with Gasteiger partial charge in [0.1, 0.15) is 0 Å². The Morgan fingerprint density at radius 3 is 2.65 bits per heavy atom. The van der Waals surface area contributed by atoms with Crippen molar-refractivity contribution in [2.24, 2.45) is 11.3 Å². The fourth-order valence-corrected chi connectivity index (χ4v) is 2.45. The van der Waals surface area contributed by atoms with Crippen molar-refractivity contribution < 1.29 is 9.90 Å². The molecule has 4 heteroatoms. The van der Waals surface area contributed by atoms with Crippen LogP contribution >= 0.6 is 11.3 Å². The van der Waals surface area contributed by atoms with E-state index in [1.165, 1.54) is 11.3 Å². The highest BCUT2D eigenvalue weighted by atomic mass is 32.1. The van der Waals surface area contributed by atoms with Crippen molar-refractivity contribution in [3.63, 3.8) is 0 Å². The van der Waals surface area contributed by atoms with Crippen LogP contribution in [-0.4, -0.2) is 23.7 Å². The lowest BCUT2D eigenvalue weighted by atomic mass is 9.81. The molecule has 1 amide bonds. The Hall–Kier alpha value is -0.870. The van der Waals surface area contributed by atoms with Gasteiger partial charge in [0.2, 0.25) is 0 Å². The van der Waals surface area contributed by atoms with Crippen molar-refractivity contribution in [2.45, 2.75) is 33.8 Å². The van der Waals surface area contributed by atoms with Gasteiger partial charge in [-0.25, -0.2) is 0 Å². The molecule has 1 atom stereocenters. The number of carbonyl (C=O) groups is 1. The van der Waals surface area contributed by atoms with Crippen LogP contribution in [0.4, 0.5) is 0 Å². The zero-order chi connectivity index (χ0) is 13.1. The normalized spacial score (nSPS) is 13.8. The Morgan fingerprint density at radius 2 is 2.18 bits per heavy atom. The molecule has 0 fully saturated rings. The van der Waals surface area contributed by atoms with E-state index in [4.69, 9.17) is 0 Å². The molecule has 1 aromatic rings. The molecular formula is C13H21NO2S. The summed E-state index contributed by atoms with van der Waals surface area (Å²) >= 11 is 1.42. The first-order valence-corrected chi connectivity index (χ1v) is 6.72. The van der Waals surface area contributed by atoms with Gasteiger partial charge >= 0.3 is 0 Å². The Bertz CT molecular complexity index is 358. The number of carbonyl (C=O) groups excluding carboxylic acids is 1. The number of aliphatic hydroxyl groups excluding tert-OH is 1. The highest BCUT2D eigenvalue weighted by Crippen LogP contribution is 2.25. The van der Waals surface area contributed by atoms with Gasteiger partial charge in [-0.3, -0.25) is 4.79 Å². The van der Waals surface area contributed by atoms with Gasteiger partial charge < -0.3 is 10.4 Å². The fraction of sp³-hybridized carbons (Fsp3) is 0.615. The van der Waals surface area contributed by atoms with Crippen LogP contribution in [-0.2, 0) is 0 Å². The molecule has 1 aromatic heterocycles. The Morgan fingerprint density at radius 1 is 1.53 bits per heavy atom. The predicted molar refractivity (Wildman–Crippen MR) is 71.3 cm³/mol. The van der Waals surface area contributed by atoms with Crippen LogP contribution in [0.2, 0.25) is 0 Å². The minimum absolute atomic E-state index is 0.0657. The van der Waals surface area contributed by atoms with Gasteiger partial charge in [-0.2, -0.15) is 0 Å². The van der Waals surface area contributed by atoms with Gasteiger partial charge in [-0.05, 0) is 17.4 Å². The highest BCUT2D eigenvalue weighted by Gasteiger charge is 2.30. The third-order valence-corrected chi connectivity index (χ3v) is 3.75. The van der Waals surface area contributed by atoms with Crippen LogP contribution in [0.3, 0.4) is 0 Å². The second-order valence-electron chi connectivity index (χ2n) is 5.34. The summed E-state index contributed by atoms with van der Waals surface area (Å²) in [5.74, 6) is 0.118. The first-order valence-electron chi connectivity index (χ1n) is 5.84. The zero-order valence-electron chi connectivity index (χ0n) is 10.9. The zero-order valence-corrected chi connectivity index (χ0v) is 11.7. The van der Waals surface area contributed by atoms with E-state index in [-0.39, 0.29) is 17.2 Å². The largest absolute Gasteiger partial charge is 0.392 e. The molecule has 0 aliphatic rings. The van der Waals surface area contributed by atoms with Crippen LogP contribution < -0.4 is 5.32 Å². The summed E-state index contributed by atoms with van der Waals surface area (Å²) in [5.41, 5.74) is -0.318. The van der Waals surface area contributed by atoms with E-state index < -0.39 is 6.10 Å². The molecular weight excluding hydrogens is 234 g/mol. The second kappa shape index (κ2) is 5.65. The third kappa shape index (κ3) is 3.82. The van der Waals surface area contributed by atoms with Gasteiger partial charge in [0, 0.05) is 12.0 Å². The van der Waals surface area contributed by atoms with Crippen molar-refractivity contribution in [3.8, 4) is 0 Å². The van der Waals surface area contributed by atoms with E-state index in [1.54, 1.807) is 6.07 Å². The summed E-state index contributed by atoms with van der Waals surface area (Å²) in [7, 11) is 0. The number of rotatable bonds is 5. The van der Waals surface area contributed by atoms with E-state index >= 15 is 0 Å². The molecule has 1 heterocycles. The minimum atomic E-state index is -0.425. The van der Waals surface area contributed by atoms with Crippen LogP contribution in [0.1, 0.15) is 37.4 Å². The summed E-state index contributed by atoms with van der Waals surface area (Å²) in [4.78, 5) is 12.5. The van der Waals surface area contributed by atoms with Gasteiger partial charge in [0.25, 0.3) is 5.91 Å². The first kappa shape index (κ1) is 14.2. The standard InChI is InChI=1S/C13H21NO2S/c1-9(2)11(15)13(3,4)8-14-12(16)10-6-5-7-17-10/h5-7,9,11,15H,8H2,1-4H3,(H,14,16). The van der Waals surface area contributed by atoms with Crippen molar-refractivity contribution >= 4 is 17.2 Å². The molecule has 0 bridgehead atoms. The van der Waals surface area contributed by atoms with Crippen molar-refractivity contribution in [3.05, 3.63) is 22.4 Å². The van der Waals surface area contributed by atoms with E-state index in [2.05, 4.69) is 5.32 Å². The summed E-state index contributed by atoms with van der Waals surface area (Å²) in [5, 5.41) is 14.8. The number of thiophene rings is 1. The molecule has 17 heavy (non-hydrogen) atoms. The van der Waals surface area contributed by atoms with Gasteiger partial charge in [-0.1, -0.05) is 33.8 Å². The molecule has 1 unspecified atom stereocenters. The molecule has 3 nitrogen and oxygen atoms in total. The van der Waals surface area contributed by atoms with E-state index in [9.17, 15) is 9.90 Å². The summed E-state index contributed by atoms with van der Waals surface area (Å²) < 4.78 is 0. The highest BCUT2D eigenvalue weighted by molar-refractivity contribution is 7.12. The molecule has 0 saturated heterocycles. The van der Waals surface area contributed by atoms with Gasteiger partial charge in [0.15, 0.2) is 0 Å². The summed E-state index contributed by atoms with van der Waals surface area (Å²) in [6, 6.07) is 3.65. The molecule has 0 aromatic carbocycles. The maximum atomic E-state index is 11.8. The lowest BCUT2D eigenvalue weighted by Gasteiger charge is -2.33. The number of hydrogen-bond donors (Lipinski definition) is 2. The van der Waals surface area contributed by atoms with Gasteiger partial charge in [0.05, 0.1) is 11.0 Å². The Balaban J connectivity index is 2.53. The maximum Gasteiger partial charge on any atom is 0.261 e. The molecule has 0 aliphatic carbocycles. The number of hydrogen-bond acceptors (Lipinski definition) is 3. The van der Waals surface area contributed by atoms with E-state index in [0.717, 1.165) is 0 Å². The topological polar surface area (TPSA) is 49.3 Å². The molecule has 96 valence electrons. The minimum Gasteiger partial charge on any atom is -0.392 e. The summed E-state index contributed by atoms with van der Waals surface area (Å²) in [6.45, 7) is 8.36. The van der Waals surface area contributed by atoms with E-state index in [0.29, 0.717) is 11.4 Å².